The molecule has 2 aromatic heterocycles. The standard InChI is InChI=1S/C7H5BrClN3/c1-12-3-11-7-6(12)5(9)4(8)2-10-7/h2-3H,1H3. The van der Waals surface area contributed by atoms with E-state index in [0.29, 0.717) is 10.7 Å². The van der Waals surface area contributed by atoms with Crippen molar-refractivity contribution in [1.29, 1.82) is 0 Å². The molecule has 0 aliphatic carbocycles. The largest absolute Gasteiger partial charge is 0.331 e. The Morgan fingerprint density at radius 1 is 1.50 bits per heavy atom. The van der Waals surface area contributed by atoms with Crippen molar-refractivity contribution < 1.29 is 0 Å². The Balaban J connectivity index is 2.96. The fourth-order valence-electron chi connectivity index (χ4n) is 1.05. The van der Waals surface area contributed by atoms with Gasteiger partial charge in [-0.1, -0.05) is 11.6 Å². The molecule has 0 aliphatic rings. The van der Waals surface area contributed by atoms with Gasteiger partial charge in [-0.15, -0.1) is 0 Å². The fourth-order valence-corrected chi connectivity index (χ4v) is 1.61. The third-order valence-electron chi connectivity index (χ3n) is 1.64. The SMILES string of the molecule is Cn1cnc2ncc(Br)c(Cl)c21. The first-order chi connectivity index (χ1) is 5.70. The summed E-state index contributed by atoms with van der Waals surface area (Å²) in [5.41, 5.74) is 1.52. The van der Waals surface area contributed by atoms with E-state index in [9.17, 15) is 0 Å². The molecule has 0 spiro atoms. The Labute approximate surface area is 82.5 Å². The first kappa shape index (κ1) is 8.01. The first-order valence-corrected chi connectivity index (χ1v) is 4.48. The van der Waals surface area contributed by atoms with E-state index in [1.165, 1.54) is 0 Å². The minimum Gasteiger partial charge on any atom is -0.331 e. The van der Waals surface area contributed by atoms with Gasteiger partial charge >= 0.3 is 0 Å². The predicted octanol–water partition coefficient (Wildman–Crippen LogP) is 2.38. The third-order valence-corrected chi connectivity index (χ3v) is 2.85. The number of hydrogen-bond donors (Lipinski definition) is 0. The second kappa shape index (κ2) is 2.71. The van der Waals surface area contributed by atoms with Crippen LogP contribution in [0.25, 0.3) is 11.2 Å². The van der Waals surface area contributed by atoms with Gasteiger partial charge in [0.15, 0.2) is 5.65 Å². The van der Waals surface area contributed by atoms with Crippen LogP contribution in [-0.4, -0.2) is 14.5 Å². The van der Waals surface area contributed by atoms with Crippen LogP contribution in [0, 0.1) is 0 Å². The lowest BCUT2D eigenvalue weighted by atomic mass is 10.4. The lowest BCUT2D eigenvalue weighted by Gasteiger charge is -1.98. The molecule has 0 fully saturated rings. The molecule has 5 heteroatoms. The molecule has 0 aromatic carbocycles. The van der Waals surface area contributed by atoms with Gasteiger partial charge in [0.1, 0.15) is 5.52 Å². The van der Waals surface area contributed by atoms with Gasteiger partial charge in [0.05, 0.1) is 15.8 Å². The van der Waals surface area contributed by atoms with Crippen LogP contribution in [-0.2, 0) is 7.05 Å². The van der Waals surface area contributed by atoms with Crippen molar-refractivity contribution in [1.82, 2.24) is 14.5 Å². The Kier molecular flexibility index (Phi) is 1.81. The van der Waals surface area contributed by atoms with Crippen LogP contribution in [0.5, 0.6) is 0 Å². The molecule has 0 radical (unpaired) electrons. The summed E-state index contributed by atoms with van der Waals surface area (Å²) in [5.74, 6) is 0. The highest BCUT2D eigenvalue weighted by molar-refractivity contribution is 9.10. The van der Waals surface area contributed by atoms with E-state index >= 15 is 0 Å². The molecule has 0 atom stereocenters. The molecule has 0 N–H and O–H groups in total. The zero-order valence-corrected chi connectivity index (χ0v) is 8.59. The van der Waals surface area contributed by atoms with Crippen LogP contribution >= 0.6 is 27.5 Å². The molecule has 0 saturated carbocycles. The van der Waals surface area contributed by atoms with Gasteiger partial charge in [-0.25, -0.2) is 9.97 Å². The molecule has 0 saturated heterocycles. The monoisotopic (exact) mass is 245 g/mol. The number of imidazole rings is 1. The summed E-state index contributed by atoms with van der Waals surface area (Å²) < 4.78 is 2.63. The van der Waals surface area contributed by atoms with E-state index in [4.69, 9.17) is 11.6 Å². The topological polar surface area (TPSA) is 30.7 Å². The fraction of sp³-hybridized carbons (Fsp3) is 0.143. The Hall–Kier alpha value is -0.610. The summed E-state index contributed by atoms with van der Waals surface area (Å²) in [5, 5.41) is 0.653. The smallest absolute Gasteiger partial charge is 0.179 e. The molecular weight excluding hydrogens is 241 g/mol. The summed E-state index contributed by atoms with van der Waals surface area (Å²) in [4.78, 5) is 8.17. The highest BCUT2D eigenvalue weighted by Crippen LogP contribution is 2.28. The number of pyridine rings is 1. The van der Waals surface area contributed by atoms with E-state index in [1.807, 2.05) is 11.6 Å². The second-order valence-corrected chi connectivity index (χ2v) is 3.68. The van der Waals surface area contributed by atoms with Crippen molar-refractivity contribution in [2.45, 2.75) is 0 Å². The van der Waals surface area contributed by atoms with Crippen molar-refractivity contribution in [2.75, 3.05) is 0 Å². The van der Waals surface area contributed by atoms with Gasteiger partial charge in [-0.3, -0.25) is 0 Å². The van der Waals surface area contributed by atoms with E-state index in [0.717, 1.165) is 9.99 Å². The van der Waals surface area contributed by atoms with Crippen LogP contribution in [0.1, 0.15) is 0 Å². The van der Waals surface area contributed by atoms with Gasteiger partial charge in [0.2, 0.25) is 0 Å². The lowest BCUT2D eigenvalue weighted by molar-refractivity contribution is 0.947. The number of rotatable bonds is 0. The molecule has 0 amide bonds. The molecule has 2 heterocycles. The van der Waals surface area contributed by atoms with E-state index < -0.39 is 0 Å². The van der Waals surface area contributed by atoms with Gasteiger partial charge in [-0.2, -0.15) is 0 Å². The van der Waals surface area contributed by atoms with Gasteiger partial charge in [-0.05, 0) is 15.9 Å². The summed E-state index contributed by atoms with van der Waals surface area (Å²) in [6, 6.07) is 0. The maximum atomic E-state index is 6.02. The lowest BCUT2D eigenvalue weighted by Crippen LogP contribution is -1.86. The van der Waals surface area contributed by atoms with Crippen LogP contribution in [0.3, 0.4) is 0 Å². The average molecular weight is 246 g/mol. The maximum Gasteiger partial charge on any atom is 0.179 e. The Bertz CT molecular complexity index is 437. The summed E-state index contributed by atoms with van der Waals surface area (Å²) >= 11 is 9.32. The van der Waals surface area contributed by atoms with Crippen molar-refractivity contribution in [3.8, 4) is 0 Å². The average Bonchev–Trinajstić information content (AvgIpc) is 2.41. The van der Waals surface area contributed by atoms with Crippen molar-refractivity contribution >= 4 is 38.7 Å². The number of hydrogen-bond acceptors (Lipinski definition) is 2. The van der Waals surface area contributed by atoms with Crippen molar-refractivity contribution in [2.24, 2.45) is 7.05 Å². The second-order valence-electron chi connectivity index (χ2n) is 2.45. The van der Waals surface area contributed by atoms with Gasteiger partial charge in [0, 0.05) is 13.2 Å². The number of aromatic nitrogens is 3. The zero-order valence-electron chi connectivity index (χ0n) is 6.25. The van der Waals surface area contributed by atoms with Crippen molar-refractivity contribution in [3.05, 3.63) is 22.0 Å². The molecule has 0 unspecified atom stereocenters. The van der Waals surface area contributed by atoms with E-state index in [1.54, 1.807) is 12.5 Å². The van der Waals surface area contributed by atoms with Crippen LogP contribution < -0.4 is 0 Å². The van der Waals surface area contributed by atoms with E-state index in [2.05, 4.69) is 25.9 Å². The molecule has 2 aromatic rings. The van der Waals surface area contributed by atoms with E-state index in [-0.39, 0.29) is 0 Å². The molecule has 0 aliphatic heterocycles. The third kappa shape index (κ3) is 1.03. The molecule has 12 heavy (non-hydrogen) atoms. The first-order valence-electron chi connectivity index (χ1n) is 3.31. The van der Waals surface area contributed by atoms with Gasteiger partial charge < -0.3 is 4.57 Å². The van der Waals surface area contributed by atoms with Crippen molar-refractivity contribution in [3.63, 3.8) is 0 Å². The molecule has 62 valence electrons. The number of halogens is 2. The van der Waals surface area contributed by atoms with Crippen LogP contribution in [0.4, 0.5) is 0 Å². The number of fused-ring (bicyclic) bond motifs is 1. The highest BCUT2D eigenvalue weighted by Gasteiger charge is 2.08. The summed E-state index contributed by atoms with van der Waals surface area (Å²) in [6.07, 6.45) is 3.34. The Morgan fingerprint density at radius 2 is 2.25 bits per heavy atom. The summed E-state index contributed by atoms with van der Waals surface area (Å²) in [7, 11) is 1.88. The quantitative estimate of drug-likeness (QED) is 0.714. The zero-order chi connectivity index (χ0) is 8.72. The molecule has 2 rings (SSSR count). The molecule has 0 bridgehead atoms. The minimum atomic E-state index is 0.653. The minimum absolute atomic E-state index is 0.653. The van der Waals surface area contributed by atoms with Crippen LogP contribution in [0.15, 0.2) is 17.0 Å². The normalized spacial score (nSPS) is 10.9. The predicted molar refractivity (Wildman–Crippen MR) is 51.2 cm³/mol. The maximum absolute atomic E-state index is 6.02. The molecule has 3 nitrogen and oxygen atoms in total. The Morgan fingerprint density at radius 3 is 3.00 bits per heavy atom. The number of nitrogens with zero attached hydrogens (tertiary/aromatic N) is 3. The molecular formula is C7H5BrClN3. The summed E-state index contributed by atoms with van der Waals surface area (Å²) in [6.45, 7) is 0. The highest BCUT2D eigenvalue weighted by atomic mass is 79.9. The van der Waals surface area contributed by atoms with Crippen LogP contribution in [0.2, 0.25) is 5.02 Å². The van der Waals surface area contributed by atoms with Gasteiger partial charge in [0.25, 0.3) is 0 Å². The number of aryl methyl sites for hydroxylation is 1.